The second-order valence-corrected chi connectivity index (χ2v) is 35.5. The van der Waals surface area contributed by atoms with Crippen LogP contribution in [0, 0.1) is 20.8 Å². The van der Waals surface area contributed by atoms with Gasteiger partial charge < -0.3 is 37.3 Å². The van der Waals surface area contributed by atoms with Crippen LogP contribution in [0.2, 0.25) is 0 Å². The van der Waals surface area contributed by atoms with Crippen molar-refractivity contribution in [3.8, 4) is 0 Å². The molecule has 26 aromatic rings. The first kappa shape index (κ1) is 72.0. The maximum atomic E-state index is 7.23. The summed E-state index contributed by atoms with van der Waals surface area (Å²) >= 11 is 3.72. The van der Waals surface area contributed by atoms with E-state index < -0.39 is 0 Å². The van der Waals surface area contributed by atoms with Crippen molar-refractivity contribution in [3.05, 3.63) is 410 Å². The van der Waals surface area contributed by atoms with Crippen molar-refractivity contribution in [1.82, 2.24) is 0 Å². The zero-order valence-corrected chi connectivity index (χ0v) is 70.5. The molecule has 10 heteroatoms. The number of para-hydroxylation sites is 10. The van der Waals surface area contributed by atoms with Gasteiger partial charge in [0, 0.05) is 87.4 Å². The van der Waals surface area contributed by atoms with Crippen LogP contribution >= 0.6 is 22.7 Å². The highest BCUT2D eigenvalue weighted by Gasteiger charge is 2.33. The molecule has 0 saturated heterocycles. The van der Waals surface area contributed by atoms with Gasteiger partial charge >= 0.3 is 0 Å². The van der Waals surface area contributed by atoms with Gasteiger partial charge in [-0.3, -0.25) is 0 Å². The first-order valence-electron chi connectivity index (χ1n) is 43.0. The van der Waals surface area contributed by atoms with Crippen LogP contribution in [0.3, 0.4) is 0 Å². The van der Waals surface area contributed by atoms with Gasteiger partial charge in [0.25, 0.3) is 0 Å². The lowest BCUT2D eigenvalue weighted by Gasteiger charge is -2.28. The van der Waals surface area contributed by atoms with E-state index in [2.05, 4.69) is 423 Å². The Balaban J connectivity index is 0.710. The molecule has 8 nitrogen and oxygen atoms in total. The van der Waals surface area contributed by atoms with Crippen LogP contribution < -0.4 is 19.6 Å². The van der Waals surface area contributed by atoms with Crippen LogP contribution in [0.4, 0.5) is 68.2 Å². The molecule has 126 heavy (non-hydrogen) atoms. The first-order valence-corrected chi connectivity index (χ1v) is 44.6. The zero-order chi connectivity index (χ0) is 83.1. The normalized spacial score (nSPS) is 12.1. The van der Waals surface area contributed by atoms with Crippen molar-refractivity contribution in [2.45, 2.75) is 27.2 Å². The topological polar surface area (TPSA) is 65.5 Å². The van der Waals surface area contributed by atoms with Gasteiger partial charge in [0.05, 0.1) is 64.3 Å². The molecule has 0 aliphatic rings. The highest BCUT2D eigenvalue weighted by molar-refractivity contribution is 7.28. The lowest BCUT2D eigenvalue weighted by molar-refractivity contribution is 0.668. The van der Waals surface area contributed by atoms with Gasteiger partial charge in [-0.1, -0.05) is 273 Å². The lowest BCUT2D eigenvalue weighted by atomic mass is 9.94. The summed E-state index contributed by atoms with van der Waals surface area (Å²) in [6.45, 7) is 6.63. The van der Waals surface area contributed by atoms with E-state index in [0.717, 1.165) is 224 Å². The molecule has 0 aliphatic carbocycles. The average molecular weight is 1650 g/mol. The number of fused-ring (bicyclic) bond motifs is 26. The van der Waals surface area contributed by atoms with Crippen molar-refractivity contribution >= 4 is 262 Å². The van der Waals surface area contributed by atoms with Crippen LogP contribution in [0.15, 0.2) is 400 Å². The fraction of sp³-hybridized carbons (Fsp3) is 0.0345. The number of anilines is 12. The summed E-state index contributed by atoms with van der Waals surface area (Å²) in [5.41, 5.74) is 24.6. The van der Waals surface area contributed by atoms with E-state index in [9.17, 15) is 0 Å². The largest absolute Gasteiger partial charge is 0.454 e. The Kier molecular flexibility index (Phi) is 16.1. The van der Waals surface area contributed by atoms with Gasteiger partial charge in [-0.15, -0.1) is 22.7 Å². The van der Waals surface area contributed by atoms with Crippen molar-refractivity contribution in [2.75, 3.05) is 19.6 Å². The van der Waals surface area contributed by atoms with E-state index in [1.54, 1.807) is 0 Å². The highest BCUT2D eigenvalue weighted by atomic mass is 32.1. The molecule has 0 N–H and O–H groups in total. The smallest absolute Gasteiger partial charge is 0.159 e. The Hall–Kier alpha value is -15.7. The second kappa shape index (κ2) is 28.2. The van der Waals surface area contributed by atoms with Crippen LogP contribution in [0.25, 0.3) is 171 Å². The standard InChI is InChI=1S/C116H74N4O4S2/c1-68-28-22-35-77(60-68)117(93-50-24-44-87-83-40-12-18-54-101(83)121-109(87)93)97-64-73-32-6-9-37-79(73)105-106-80-38-10-7-33-74(80)65-98(114(106)125-113(97)105)118(94-51-25-45-88-84-41-13-19-55-102(84)122-110(88)94)78-36-23-31-71(63-78)61-72-58-59-82-76(62-72)67-100(120(92-49-17-5-30-70(92)3)96-53-27-47-90-86-43-15-21-57-104(86)124-112(90)96)116-108(82)107-81-39-11-8-34-75(81)66-99(115(107)126-116)119(91-48-16-4-29-69(91)2)95-52-26-46-89-85-42-14-20-56-103(85)123-111(89)95/h4-60,62-67H,61H2,1-3H3. The molecule has 594 valence electrons. The minimum Gasteiger partial charge on any atom is -0.454 e. The fourth-order valence-corrected chi connectivity index (χ4v) is 23.1. The van der Waals surface area contributed by atoms with E-state index in [0.29, 0.717) is 6.42 Å². The third kappa shape index (κ3) is 11.0. The Labute approximate surface area is 731 Å². The first-order chi connectivity index (χ1) is 62.2. The zero-order valence-electron chi connectivity index (χ0n) is 68.8. The van der Waals surface area contributed by atoms with E-state index in [1.807, 2.05) is 22.7 Å². The fourth-order valence-electron chi connectivity index (χ4n) is 20.4. The molecule has 0 saturated carbocycles. The van der Waals surface area contributed by atoms with Crippen molar-refractivity contribution in [3.63, 3.8) is 0 Å². The number of benzene rings is 20. The molecule has 20 aromatic carbocycles. The van der Waals surface area contributed by atoms with Gasteiger partial charge in [0.15, 0.2) is 22.3 Å². The molecule has 26 rings (SSSR count). The molecule has 0 amide bonds. The van der Waals surface area contributed by atoms with Crippen LogP contribution in [0.5, 0.6) is 0 Å². The number of thiophene rings is 2. The number of hydrogen-bond donors (Lipinski definition) is 0. The van der Waals surface area contributed by atoms with Crippen LogP contribution in [-0.4, -0.2) is 0 Å². The predicted molar refractivity (Wildman–Crippen MR) is 534 cm³/mol. The molecule has 0 atom stereocenters. The maximum Gasteiger partial charge on any atom is 0.159 e. The number of nitrogens with zero attached hydrogens (tertiary/aromatic N) is 4. The average Bonchev–Trinajstić information content (AvgIpc) is 1.54. The minimum atomic E-state index is 0.619. The third-order valence-corrected chi connectivity index (χ3v) is 28.5. The SMILES string of the molecule is Cc1cccc(N(c2cccc3c2oc2ccccc23)c2cc3ccccc3c3c2sc2c(N(c4cccc(Cc5ccc6c(c5)cc(N(c5ccccc5C)c5cccc7c5oc5ccccc57)c5sc7c(N(c8ccccc8C)c8cccc9c8oc8ccccc89)cc8ccccc8c7c56)c4)c4cccc5c4oc4ccccc45)cc4ccccc4c23)c1. The molecule has 0 aliphatic heterocycles. The second-order valence-electron chi connectivity index (χ2n) is 33.4. The number of furan rings is 4. The molecule has 6 aromatic heterocycles. The molecular formula is C116H74N4O4S2. The number of aryl methyl sites for hydroxylation is 3. The molecule has 6 heterocycles. The van der Waals surface area contributed by atoms with Crippen LogP contribution in [0.1, 0.15) is 27.8 Å². The minimum absolute atomic E-state index is 0.619. The van der Waals surface area contributed by atoms with Gasteiger partial charge in [0.2, 0.25) is 0 Å². The Bertz CT molecular complexity index is 9090. The maximum absolute atomic E-state index is 7.23. The molecule has 0 unspecified atom stereocenters. The summed E-state index contributed by atoms with van der Waals surface area (Å²) in [4.78, 5) is 9.91. The van der Waals surface area contributed by atoms with Crippen molar-refractivity contribution < 1.29 is 17.7 Å². The summed E-state index contributed by atoms with van der Waals surface area (Å²) in [5, 5.41) is 22.5. The molecule has 0 fully saturated rings. The van der Waals surface area contributed by atoms with E-state index in [1.165, 1.54) is 43.3 Å². The van der Waals surface area contributed by atoms with Gasteiger partial charge in [-0.25, -0.2) is 0 Å². The van der Waals surface area contributed by atoms with Gasteiger partial charge in [-0.05, 0) is 207 Å². The quantitative estimate of drug-likeness (QED) is 0.107. The monoisotopic (exact) mass is 1650 g/mol. The third-order valence-electron chi connectivity index (χ3n) is 26.0. The highest BCUT2D eigenvalue weighted by Crippen LogP contribution is 2.59. The van der Waals surface area contributed by atoms with E-state index in [4.69, 9.17) is 17.7 Å². The summed E-state index contributed by atoms with van der Waals surface area (Å²) < 4.78 is 33.1. The van der Waals surface area contributed by atoms with Crippen molar-refractivity contribution in [2.24, 2.45) is 0 Å². The Morgan fingerprint density at radius 1 is 0.206 bits per heavy atom. The molecule has 0 radical (unpaired) electrons. The Morgan fingerprint density at radius 3 is 0.897 bits per heavy atom. The molecule has 0 bridgehead atoms. The summed E-state index contributed by atoms with van der Waals surface area (Å²) in [7, 11) is 0. The summed E-state index contributed by atoms with van der Waals surface area (Å²) in [6, 6.07) is 140. The molecule has 0 spiro atoms. The summed E-state index contributed by atoms with van der Waals surface area (Å²) in [6.07, 6.45) is 0.619. The predicted octanol–water partition coefficient (Wildman–Crippen LogP) is 35.0. The van der Waals surface area contributed by atoms with Crippen molar-refractivity contribution in [1.29, 1.82) is 0 Å². The Morgan fingerprint density at radius 2 is 0.500 bits per heavy atom. The van der Waals surface area contributed by atoms with Crippen LogP contribution in [-0.2, 0) is 6.42 Å². The van der Waals surface area contributed by atoms with E-state index in [-0.39, 0.29) is 0 Å². The van der Waals surface area contributed by atoms with E-state index >= 15 is 0 Å². The number of rotatable bonds is 14. The van der Waals surface area contributed by atoms with Gasteiger partial charge in [0.1, 0.15) is 22.3 Å². The molecular weight excluding hydrogens is 1580 g/mol. The summed E-state index contributed by atoms with van der Waals surface area (Å²) in [5.74, 6) is 0. The number of hydrogen-bond acceptors (Lipinski definition) is 10. The lowest BCUT2D eigenvalue weighted by Crippen LogP contribution is -2.12. The van der Waals surface area contributed by atoms with Gasteiger partial charge in [-0.2, -0.15) is 0 Å².